The van der Waals surface area contributed by atoms with E-state index in [1.807, 2.05) is 13.8 Å². The van der Waals surface area contributed by atoms with Crippen molar-refractivity contribution >= 4 is 5.97 Å². The lowest BCUT2D eigenvalue weighted by Crippen LogP contribution is -2.09. The smallest absolute Gasteiger partial charge is 0.344 e. The van der Waals surface area contributed by atoms with Crippen molar-refractivity contribution in [2.24, 2.45) is 0 Å². The molecule has 0 saturated carbocycles. The van der Waals surface area contributed by atoms with Crippen LogP contribution < -0.4 is 0 Å². The molecule has 1 heterocycles. The zero-order valence-electron chi connectivity index (χ0n) is 11.6. The highest BCUT2D eigenvalue weighted by atomic mass is 19.1. The topological polar surface area (TPSA) is 52.3 Å². The number of rotatable bonds is 4. The molecule has 0 radical (unpaired) electrons. The molecule has 0 bridgehead atoms. The highest BCUT2D eigenvalue weighted by Crippen LogP contribution is 2.23. The van der Waals surface area contributed by atoms with Crippen LogP contribution in [0.5, 0.6) is 0 Å². The highest BCUT2D eigenvalue weighted by Gasteiger charge is 2.24. The largest absolute Gasteiger partial charge is 0.457 e. The Bertz CT molecular complexity index is 619. The molecule has 1 aromatic heterocycles. The molecule has 20 heavy (non-hydrogen) atoms. The third-order valence-corrected chi connectivity index (χ3v) is 2.93. The van der Waals surface area contributed by atoms with Crippen LogP contribution >= 0.6 is 0 Å². The fourth-order valence-electron chi connectivity index (χ4n) is 1.86. The Hall–Kier alpha value is -2.17. The Kier molecular flexibility index (Phi) is 4.17. The van der Waals surface area contributed by atoms with Crippen LogP contribution in [0.1, 0.15) is 47.1 Å². The predicted octanol–water partition coefficient (Wildman–Crippen LogP) is 3.60. The van der Waals surface area contributed by atoms with Crippen molar-refractivity contribution in [2.75, 3.05) is 0 Å². The summed E-state index contributed by atoms with van der Waals surface area (Å²) in [6.07, 6.45) is 0. The number of benzene rings is 1. The van der Waals surface area contributed by atoms with Gasteiger partial charge in [0.2, 0.25) is 0 Å². The second-order valence-electron chi connectivity index (χ2n) is 4.83. The quantitative estimate of drug-likeness (QED) is 0.801. The van der Waals surface area contributed by atoms with Crippen LogP contribution in [0.25, 0.3) is 0 Å². The summed E-state index contributed by atoms with van der Waals surface area (Å²) in [4.78, 5) is 12.1. The summed E-state index contributed by atoms with van der Waals surface area (Å²) in [7, 11) is 0. The molecule has 0 fully saturated rings. The Morgan fingerprint density at radius 2 is 2.10 bits per heavy atom. The van der Waals surface area contributed by atoms with E-state index in [2.05, 4.69) is 5.16 Å². The molecule has 0 spiro atoms. The molecule has 0 aliphatic heterocycles. The van der Waals surface area contributed by atoms with Gasteiger partial charge >= 0.3 is 5.97 Å². The van der Waals surface area contributed by atoms with E-state index >= 15 is 0 Å². The zero-order valence-corrected chi connectivity index (χ0v) is 11.6. The van der Waals surface area contributed by atoms with Crippen molar-refractivity contribution < 1.29 is 18.4 Å². The number of carbonyl (C=O) groups is 1. The first-order chi connectivity index (χ1) is 9.50. The number of ether oxygens (including phenoxy) is 1. The number of nitrogens with zero attached hydrogens (tertiary/aromatic N) is 1. The molecule has 0 aliphatic carbocycles. The summed E-state index contributed by atoms with van der Waals surface area (Å²) in [6, 6.07) is 6.18. The molecule has 0 atom stereocenters. The van der Waals surface area contributed by atoms with E-state index in [0.717, 1.165) is 0 Å². The van der Waals surface area contributed by atoms with Crippen molar-refractivity contribution in [1.29, 1.82) is 0 Å². The van der Waals surface area contributed by atoms with Gasteiger partial charge in [-0.3, -0.25) is 0 Å². The normalized spacial score (nSPS) is 10.8. The minimum Gasteiger partial charge on any atom is -0.457 e. The molecule has 0 aliphatic rings. The SMILES string of the molecule is Cc1noc(C(C)C)c1C(=O)OCc1ccccc1F. The minimum atomic E-state index is -0.546. The van der Waals surface area contributed by atoms with Crippen molar-refractivity contribution in [3.8, 4) is 0 Å². The number of hydrogen-bond acceptors (Lipinski definition) is 4. The van der Waals surface area contributed by atoms with Crippen LogP contribution in [0.15, 0.2) is 28.8 Å². The van der Waals surface area contributed by atoms with Gasteiger partial charge in [-0.1, -0.05) is 37.2 Å². The number of carbonyl (C=O) groups excluding carboxylic acids is 1. The summed E-state index contributed by atoms with van der Waals surface area (Å²) < 4.78 is 23.7. The third-order valence-electron chi connectivity index (χ3n) is 2.93. The van der Waals surface area contributed by atoms with Crippen LogP contribution in [0.4, 0.5) is 4.39 Å². The number of aromatic nitrogens is 1. The van der Waals surface area contributed by atoms with E-state index in [4.69, 9.17) is 9.26 Å². The molecular weight excluding hydrogens is 261 g/mol. The van der Waals surface area contributed by atoms with Gasteiger partial charge in [0.1, 0.15) is 18.0 Å². The third kappa shape index (κ3) is 2.87. The molecule has 1 aromatic carbocycles. The van der Waals surface area contributed by atoms with Crippen molar-refractivity contribution in [1.82, 2.24) is 5.16 Å². The fourth-order valence-corrected chi connectivity index (χ4v) is 1.86. The van der Waals surface area contributed by atoms with Gasteiger partial charge in [-0.25, -0.2) is 9.18 Å². The summed E-state index contributed by atoms with van der Waals surface area (Å²) >= 11 is 0. The first kappa shape index (κ1) is 14.2. The summed E-state index contributed by atoms with van der Waals surface area (Å²) in [5, 5.41) is 3.78. The number of esters is 1. The maximum Gasteiger partial charge on any atom is 0.344 e. The lowest BCUT2D eigenvalue weighted by Gasteiger charge is -2.07. The van der Waals surface area contributed by atoms with Gasteiger partial charge in [0.05, 0.1) is 5.69 Å². The van der Waals surface area contributed by atoms with Gasteiger partial charge in [-0.05, 0) is 13.0 Å². The summed E-state index contributed by atoms with van der Waals surface area (Å²) in [5.41, 5.74) is 1.14. The summed E-state index contributed by atoms with van der Waals surface area (Å²) in [6.45, 7) is 5.35. The molecule has 2 aromatic rings. The Balaban J connectivity index is 2.13. The van der Waals surface area contributed by atoms with Crippen molar-refractivity contribution in [2.45, 2.75) is 33.3 Å². The van der Waals surface area contributed by atoms with Crippen LogP contribution in [-0.2, 0) is 11.3 Å². The van der Waals surface area contributed by atoms with Crippen molar-refractivity contribution in [3.05, 3.63) is 52.7 Å². The van der Waals surface area contributed by atoms with Gasteiger partial charge < -0.3 is 9.26 Å². The standard InChI is InChI=1S/C15H16FNO3/c1-9(2)14-13(10(3)17-20-14)15(18)19-8-11-6-4-5-7-12(11)16/h4-7,9H,8H2,1-3H3. The van der Waals surface area contributed by atoms with Gasteiger partial charge in [0.15, 0.2) is 5.76 Å². The van der Waals surface area contributed by atoms with Crippen LogP contribution in [0.3, 0.4) is 0 Å². The van der Waals surface area contributed by atoms with Crippen LogP contribution in [-0.4, -0.2) is 11.1 Å². The molecule has 106 valence electrons. The lowest BCUT2D eigenvalue weighted by atomic mass is 10.1. The van der Waals surface area contributed by atoms with E-state index in [9.17, 15) is 9.18 Å². The first-order valence-corrected chi connectivity index (χ1v) is 6.37. The van der Waals surface area contributed by atoms with E-state index in [1.54, 1.807) is 25.1 Å². The molecule has 2 rings (SSSR count). The minimum absolute atomic E-state index is 0.0206. The van der Waals surface area contributed by atoms with Gasteiger partial charge in [0, 0.05) is 11.5 Å². The first-order valence-electron chi connectivity index (χ1n) is 6.37. The molecule has 0 N–H and O–H groups in total. The molecule has 0 amide bonds. The van der Waals surface area contributed by atoms with E-state index < -0.39 is 11.8 Å². The molecule has 4 nitrogen and oxygen atoms in total. The molecule has 0 saturated heterocycles. The maximum absolute atomic E-state index is 13.4. The monoisotopic (exact) mass is 277 g/mol. The van der Waals surface area contributed by atoms with Gasteiger partial charge in [-0.15, -0.1) is 0 Å². The highest BCUT2D eigenvalue weighted by molar-refractivity contribution is 5.91. The maximum atomic E-state index is 13.4. The Morgan fingerprint density at radius 1 is 1.40 bits per heavy atom. The van der Waals surface area contributed by atoms with Crippen LogP contribution in [0.2, 0.25) is 0 Å². The number of aryl methyl sites for hydroxylation is 1. The predicted molar refractivity (Wildman–Crippen MR) is 70.8 cm³/mol. The molecular formula is C15H16FNO3. The van der Waals surface area contributed by atoms with E-state index in [-0.39, 0.29) is 12.5 Å². The number of hydrogen-bond donors (Lipinski definition) is 0. The van der Waals surface area contributed by atoms with Gasteiger partial charge in [0.25, 0.3) is 0 Å². The lowest BCUT2D eigenvalue weighted by molar-refractivity contribution is 0.0465. The summed E-state index contributed by atoms with van der Waals surface area (Å²) in [5.74, 6) is -0.435. The second kappa shape index (κ2) is 5.86. The molecule has 0 unspecified atom stereocenters. The average Bonchev–Trinajstić information content (AvgIpc) is 2.79. The second-order valence-corrected chi connectivity index (χ2v) is 4.83. The Morgan fingerprint density at radius 3 is 2.75 bits per heavy atom. The Labute approximate surface area is 116 Å². The molecule has 5 heteroatoms. The average molecular weight is 277 g/mol. The van der Waals surface area contributed by atoms with Crippen LogP contribution in [0, 0.1) is 12.7 Å². The van der Waals surface area contributed by atoms with Gasteiger partial charge in [-0.2, -0.15) is 0 Å². The number of halogens is 1. The van der Waals surface area contributed by atoms with E-state index in [0.29, 0.717) is 22.6 Å². The van der Waals surface area contributed by atoms with Crippen molar-refractivity contribution in [3.63, 3.8) is 0 Å². The zero-order chi connectivity index (χ0) is 14.7. The van der Waals surface area contributed by atoms with E-state index in [1.165, 1.54) is 6.07 Å². The fraction of sp³-hybridized carbons (Fsp3) is 0.333.